The van der Waals surface area contributed by atoms with Gasteiger partial charge in [0.2, 0.25) is 5.88 Å². The van der Waals surface area contributed by atoms with E-state index >= 15 is 0 Å². The predicted molar refractivity (Wildman–Crippen MR) is 118 cm³/mol. The van der Waals surface area contributed by atoms with Crippen molar-refractivity contribution in [1.29, 1.82) is 5.26 Å². The van der Waals surface area contributed by atoms with Gasteiger partial charge in [-0.15, -0.1) is 0 Å². The van der Waals surface area contributed by atoms with Gasteiger partial charge in [0.1, 0.15) is 23.6 Å². The Balaban J connectivity index is 1.61. The Morgan fingerprint density at radius 1 is 1.24 bits per heavy atom. The zero-order chi connectivity index (χ0) is 23.2. The fraction of sp³-hybridized carbons (Fsp3) is 0.190. The molecule has 0 saturated heterocycles. The molecule has 1 unspecified atom stereocenters. The topological polar surface area (TPSA) is 152 Å². The lowest BCUT2D eigenvalue weighted by atomic mass is 10.2. The highest BCUT2D eigenvalue weighted by Crippen LogP contribution is 2.26. The van der Waals surface area contributed by atoms with Gasteiger partial charge in [-0.2, -0.15) is 15.0 Å². The number of hydrogen-bond donors (Lipinski definition) is 2. The molecule has 166 valence electrons. The third-order valence-corrected chi connectivity index (χ3v) is 4.88. The van der Waals surface area contributed by atoms with Crippen molar-refractivity contribution in [2.45, 2.75) is 18.9 Å². The van der Waals surface area contributed by atoms with E-state index in [-0.39, 0.29) is 24.7 Å². The summed E-state index contributed by atoms with van der Waals surface area (Å²) in [7, 11) is 0. The Morgan fingerprint density at radius 2 is 2.12 bits per heavy atom. The quantitative estimate of drug-likeness (QED) is 0.400. The summed E-state index contributed by atoms with van der Waals surface area (Å²) in [5, 5.41) is 25.9. The van der Waals surface area contributed by atoms with Crippen LogP contribution in [0.15, 0.2) is 49.2 Å². The van der Waals surface area contributed by atoms with E-state index in [1.165, 1.54) is 35.5 Å². The van der Waals surface area contributed by atoms with Crippen molar-refractivity contribution in [2.75, 3.05) is 11.9 Å². The third kappa shape index (κ3) is 4.87. The highest BCUT2D eigenvalue weighted by molar-refractivity contribution is 6.32. The van der Waals surface area contributed by atoms with Crippen LogP contribution in [0.25, 0.3) is 16.9 Å². The van der Waals surface area contributed by atoms with E-state index in [0.717, 1.165) is 0 Å². The molecule has 12 heteroatoms. The number of pyridine rings is 2. The monoisotopic (exact) mass is 464 g/mol. The predicted octanol–water partition coefficient (Wildman–Crippen LogP) is 2.29. The van der Waals surface area contributed by atoms with Gasteiger partial charge in [-0.05, 0) is 37.1 Å². The van der Waals surface area contributed by atoms with E-state index in [2.05, 4.69) is 30.4 Å². The number of fused-ring (bicyclic) bond motifs is 1. The molecule has 0 bridgehead atoms. The number of carbonyl (C=O) groups is 1. The lowest BCUT2D eigenvalue weighted by Gasteiger charge is -2.18. The van der Waals surface area contributed by atoms with Crippen LogP contribution in [0.5, 0.6) is 5.88 Å². The van der Waals surface area contributed by atoms with E-state index in [1.54, 1.807) is 18.3 Å². The molecule has 0 fully saturated rings. The average molecular weight is 465 g/mol. The number of aliphatic hydroxyl groups is 1. The molecule has 4 aromatic heterocycles. The molecule has 2 N–H and O–H groups in total. The van der Waals surface area contributed by atoms with Gasteiger partial charge in [-0.1, -0.05) is 11.6 Å². The van der Waals surface area contributed by atoms with Crippen LogP contribution in [-0.4, -0.2) is 53.4 Å². The standard InChI is InChI=1S/C21H17ClN8O3/c22-15-3-1-7-24-19(15)30-18-14(11-28-30)21(27-12-26-18)33-16(4-2-8-31)20(32)29-17-6-5-13(9-23)10-25-17/h1,3,5-7,10-12,16,31H,2,4,8H2,(H,25,29,32). The molecule has 4 heterocycles. The van der Waals surface area contributed by atoms with Crippen molar-refractivity contribution >= 4 is 34.4 Å². The number of rotatable bonds is 8. The van der Waals surface area contributed by atoms with Crippen molar-refractivity contribution in [1.82, 2.24) is 29.7 Å². The van der Waals surface area contributed by atoms with Gasteiger partial charge in [0.25, 0.3) is 5.91 Å². The first-order valence-corrected chi connectivity index (χ1v) is 10.2. The minimum absolute atomic E-state index is 0.114. The first-order valence-electron chi connectivity index (χ1n) is 9.85. The highest BCUT2D eigenvalue weighted by atomic mass is 35.5. The van der Waals surface area contributed by atoms with E-state index in [9.17, 15) is 9.90 Å². The van der Waals surface area contributed by atoms with Gasteiger partial charge in [0.05, 0.1) is 16.8 Å². The van der Waals surface area contributed by atoms with Gasteiger partial charge in [-0.3, -0.25) is 4.79 Å². The van der Waals surface area contributed by atoms with Crippen molar-refractivity contribution in [3.8, 4) is 17.8 Å². The van der Waals surface area contributed by atoms with Crippen LogP contribution in [0.1, 0.15) is 18.4 Å². The summed E-state index contributed by atoms with van der Waals surface area (Å²) in [5.74, 6) is 0.319. The summed E-state index contributed by atoms with van der Waals surface area (Å²) in [6, 6.07) is 8.40. The number of anilines is 1. The Labute approximate surface area is 192 Å². The van der Waals surface area contributed by atoms with Crippen LogP contribution < -0.4 is 10.1 Å². The largest absolute Gasteiger partial charge is 0.464 e. The normalized spacial score (nSPS) is 11.7. The number of aromatic nitrogens is 6. The van der Waals surface area contributed by atoms with Crippen LogP contribution in [0.2, 0.25) is 5.02 Å². The highest BCUT2D eigenvalue weighted by Gasteiger charge is 2.24. The molecule has 4 aromatic rings. The number of amides is 1. The summed E-state index contributed by atoms with van der Waals surface area (Å²) in [6.45, 7) is -0.114. The summed E-state index contributed by atoms with van der Waals surface area (Å²) in [6.07, 6.45) is 5.30. The van der Waals surface area contributed by atoms with Crippen molar-refractivity contribution in [3.05, 3.63) is 59.8 Å². The van der Waals surface area contributed by atoms with Gasteiger partial charge in [0.15, 0.2) is 17.6 Å². The molecule has 0 radical (unpaired) electrons. The van der Waals surface area contributed by atoms with E-state index < -0.39 is 12.0 Å². The van der Waals surface area contributed by atoms with Gasteiger partial charge < -0.3 is 15.2 Å². The number of aliphatic hydroxyl groups excluding tert-OH is 1. The van der Waals surface area contributed by atoms with Crippen molar-refractivity contribution < 1.29 is 14.6 Å². The molecule has 0 spiro atoms. The second kappa shape index (κ2) is 9.99. The first kappa shape index (κ1) is 22.1. The lowest BCUT2D eigenvalue weighted by Crippen LogP contribution is -2.33. The van der Waals surface area contributed by atoms with Crippen LogP contribution in [0.4, 0.5) is 5.82 Å². The zero-order valence-electron chi connectivity index (χ0n) is 17.1. The summed E-state index contributed by atoms with van der Waals surface area (Å²) >= 11 is 6.24. The number of nitrogens with one attached hydrogen (secondary N) is 1. The maximum Gasteiger partial charge on any atom is 0.266 e. The van der Waals surface area contributed by atoms with E-state index in [4.69, 9.17) is 21.6 Å². The molecule has 0 saturated carbocycles. The van der Waals surface area contributed by atoms with Crippen LogP contribution >= 0.6 is 11.6 Å². The maximum absolute atomic E-state index is 12.9. The number of nitriles is 1. The zero-order valence-corrected chi connectivity index (χ0v) is 17.8. The molecule has 1 atom stereocenters. The number of nitrogens with zero attached hydrogens (tertiary/aromatic N) is 7. The minimum Gasteiger partial charge on any atom is -0.464 e. The van der Waals surface area contributed by atoms with Gasteiger partial charge in [-0.25, -0.2) is 19.9 Å². The molecular weight excluding hydrogens is 448 g/mol. The fourth-order valence-corrected chi connectivity index (χ4v) is 3.20. The molecule has 0 aliphatic heterocycles. The summed E-state index contributed by atoms with van der Waals surface area (Å²) < 4.78 is 7.38. The number of carbonyl (C=O) groups excluding carboxylic acids is 1. The van der Waals surface area contributed by atoms with Gasteiger partial charge >= 0.3 is 0 Å². The first-order chi connectivity index (χ1) is 16.1. The second-order valence-corrected chi connectivity index (χ2v) is 7.19. The van der Waals surface area contributed by atoms with Crippen molar-refractivity contribution in [3.63, 3.8) is 0 Å². The molecular formula is C21H17ClN8O3. The molecule has 33 heavy (non-hydrogen) atoms. The van der Waals surface area contributed by atoms with E-state index in [1.807, 2.05) is 6.07 Å². The van der Waals surface area contributed by atoms with Crippen LogP contribution in [-0.2, 0) is 4.79 Å². The third-order valence-electron chi connectivity index (χ3n) is 4.58. The number of halogens is 1. The average Bonchev–Trinajstić information content (AvgIpc) is 3.27. The van der Waals surface area contributed by atoms with Crippen LogP contribution in [0, 0.1) is 11.3 Å². The minimum atomic E-state index is -0.977. The second-order valence-electron chi connectivity index (χ2n) is 6.79. The molecule has 11 nitrogen and oxygen atoms in total. The molecule has 4 rings (SSSR count). The molecule has 0 aromatic carbocycles. The maximum atomic E-state index is 12.9. The number of hydrogen-bond acceptors (Lipinski definition) is 9. The Bertz CT molecular complexity index is 1320. The smallest absolute Gasteiger partial charge is 0.266 e. The Morgan fingerprint density at radius 3 is 2.85 bits per heavy atom. The Hall–Kier alpha value is -4.14. The molecule has 0 aliphatic carbocycles. The van der Waals surface area contributed by atoms with Crippen LogP contribution in [0.3, 0.4) is 0 Å². The summed E-state index contributed by atoms with van der Waals surface area (Å²) in [5.41, 5.74) is 0.769. The summed E-state index contributed by atoms with van der Waals surface area (Å²) in [4.78, 5) is 29.6. The fourth-order valence-electron chi connectivity index (χ4n) is 3.00. The SMILES string of the molecule is N#Cc1ccc(NC(=O)C(CCCO)Oc2ncnc3c2cnn3-c2ncccc2Cl)nc1. The van der Waals surface area contributed by atoms with E-state index in [0.29, 0.717) is 33.9 Å². The Kier molecular flexibility index (Phi) is 6.68. The lowest BCUT2D eigenvalue weighted by molar-refractivity contribution is -0.123. The number of ether oxygens (including phenoxy) is 1. The van der Waals surface area contributed by atoms with Crippen molar-refractivity contribution in [2.24, 2.45) is 0 Å². The molecule has 0 aliphatic rings. The van der Waals surface area contributed by atoms with Gasteiger partial charge in [0, 0.05) is 19.0 Å². The molecule has 1 amide bonds.